The molecule has 326 valence electrons. The normalized spacial score (nSPS) is 24.4. The van der Waals surface area contributed by atoms with E-state index in [9.17, 15) is 28.2 Å². The van der Waals surface area contributed by atoms with Crippen molar-refractivity contribution >= 4 is 40.3 Å². The highest BCUT2D eigenvalue weighted by Crippen LogP contribution is 2.42. The number of hydrogen-bond acceptors (Lipinski definition) is 13. The van der Waals surface area contributed by atoms with Crippen molar-refractivity contribution < 1.29 is 42.1 Å². The van der Waals surface area contributed by atoms with Crippen LogP contribution < -0.4 is 26.3 Å². The molecule has 3 aliphatic heterocycles. The molecule has 60 heavy (non-hydrogen) atoms. The van der Waals surface area contributed by atoms with Crippen molar-refractivity contribution in [1.82, 2.24) is 34.7 Å². The SMILES string of the molecule is CO[C@@H](C)c1c(C2C(CN3CCN(c4ccc(NC5CCC(O)NC5O)c(F)c4)CC3)CCCN2C(C)ON(C(N)=O)c2cncc(C(F)(F)F)c2)cnc2cc(Cl)nn12. The molecule has 0 radical (unpaired) electrons. The summed E-state index contributed by atoms with van der Waals surface area (Å²) in [4.78, 5) is 33.8. The van der Waals surface area contributed by atoms with E-state index in [2.05, 4.69) is 30.5 Å². The number of ether oxygens (including phenoxy) is 1. The number of halogens is 5. The zero-order chi connectivity index (χ0) is 42.9. The Kier molecular flexibility index (Phi) is 13.3. The van der Waals surface area contributed by atoms with Crippen LogP contribution >= 0.6 is 11.6 Å². The first kappa shape index (κ1) is 43.7. The molecule has 3 fully saturated rings. The number of hydroxylamine groups is 1. The number of pyridine rings is 1. The van der Waals surface area contributed by atoms with E-state index in [1.165, 1.54) is 6.07 Å². The molecule has 1 aromatic carbocycles. The van der Waals surface area contributed by atoms with Crippen molar-refractivity contribution in [2.45, 2.75) is 82.6 Å². The summed E-state index contributed by atoms with van der Waals surface area (Å²) in [6.07, 6.45) is -1.95. The number of methoxy groups -OCH3 is 1. The summed E-state index contributed by atoms with van der Waals surface area (Å²) in [7, 11) is 1.58. The number of nitrogens with two attached hydrogens (primary N) is 1. The van der Waals surface area contributed by atoms with Crippen molar-refractivity contribution in [3.8, 4) is 0 Å². The van der Waals surface area contributed by atoms with Crippen LogP contribution in [0.3, 0.4) is 0 Å². The van der Waals surface area contributed by atoms with E-state index in [1.807, 2.05) is 17.9 Å². The Morgan fingerprint density at radius 2 is 1.85 bits per heavy atom. The van der Waals surface area contributed by atoms with Gasteiger partial charge in [0.15, 0.2) is 10.8 Å². The van der Waals surface area contributed by atoms with Crippen LogP contribution in [0.2, 0.25) is 5.15 Å². The predicted octanol–water partition coefficient (Wildman–Crippen LogP) is 4.88. The number of piperidine rings is 2. The molecule has 6 heterocycles. The molecule has 0 bridgehead atoms. The van der Waals surface area contributed by atoms with Gasteiger partial charge in [0.1, 0.15) is 24.5 Å². The first-order chi connectivity index (χ1) is 28.6. The van der Waals surface area contributed by atoms with E-state index in [0.717, 1.165) is 36.4 Å². The summed E-state index contributed by atoms with van der Waals surface area (Å²) in [5.41, 5.74) is 7.35. The maximum Gasteiger partial charge on any atom is 0.417 e. The van der Waals surface area contributed by atoms with Crippen molar-refractivity contribution in [2.24, 2.45) is 11.7 Å². The number of nitrogens with one attached hydrogen (secondary N) is 2. The number of carbonyl (C=O) groups is 1. The third-order valence-corrected chi connectivity index (χ3v) is 11.8. The van der Waals surface area contributed by atoms with Crippen LogP contribution in [0, 0.1) is 11.7 Å². The minimum absolute atomic E-state index is 0.0461. The molecule has 7 rings (SSSR count). The number of nitrogens with zero attached hydrogens (tertiary/aromatic N) is 8. The number of alkyl halides is 3. The second-order valence-electron chi connectivity index (χ2n) is 15.5. The van der Waals surface area contributed by atoms with Crippen LogP contribution in [-0.4, -0.2) is 117 Å². The molecule has 3 aliphatic rings. The minimum Gasteiger partial charge on any atom is -0.379 e. The van der Waals surface area contributed by atoms with Crippen LogP contribution in [0.4, 0.5) is 39.4 Å². The molecule has 4 aromatic rings. The van der Waals surface area contributed by atoms with Gasteiger partial charge in [-0.05, 0) is 69.7 Å². The largest absolute Gasteiger partial charge is 0.417 e. The molecular formula is C39H50ClF4N11O5. The molecule has 3 aromatic heterocycles. The molecule has 6 N–H and O–H groups in total. The fourth-order valence-electron chi connectivity index (χ4n) is 8.55. The summed E-state index contributed by atoms with van der Waals surface area (Å²) in [6, 6.07) is 5.41. The van der Waals surface area contributed by atoms with Gasteiger partial charge in [-0.25, -0.2) is 23.5 Å². The molecule has 2 amide bonds. The number of carbonyl (C=O) groups excluding carboxylic acids is 1. The first-order valence-electron chi connectivity index (χ1n) is 19.9. The number of rotatable bonds is 12. The van der Waals surface area contributed by atoms with Gasteiger partial charge in [-0.3, -0.25) is 20.1 Å². The number of piperazine rings is 1. The monoisotopic (exact) mass is 863 g/mol. The molecule has 0 saturated carbocycles. The molecule has 21 heteroatoms. The Morgan fingerprint density at radius 3 is 2.53 bits per heavy atom. The quantitative estimate of drug-likeness (QED) is 0.0962. The lowest BCUT2D eigenvalue weighted by Gasteiger charge is -2.47. The van der Waals surface area contributed by atoms with Crippen molar-refractivity contribution in [1.29, 1.82) is 0 Å². The lowest BCUT2D eigenvalue weighted by molar-refractivity contribution is -0.137. The number of fused-ring (bicyclic) bond motifs is 1. The number of hydrogen-bond donors (Lipinski definition) is 5. The van der Waals surface area contributed by atoms with Crippen LogP contribution in [0.5, 0.6) is 0 Å². The van der Waals surface area contributed by atoms with Gasteiger partial charge in [0.05, 0.1) is 41.0 Å². The molecule has 6 unspecified atom stereocenters. The summed E-state index contributed by atoms with van der Waals surface area (Å²) >= 11 is 6.36. The van der Waals surface area contributed by atoms with Crippen LogP contribution in [0.25, 0.3) is 5.65 Å². The third kappa shape index (κ3) is 9.55. The fraction of sp³-hybridized carbons (Fsp3) is 0.538. The van der Waals surface area contributed by atoms with Gasteiger partial charge in [-0.2, -0.15) is 23.3 Å². The van der Waals surface area contributed by atoms with Crippen molar-refractivity contribution in [3.63, 3.8) is 0 Å². The summed E-state index contributed by atoms with van der Waals surface area (Å²) < 4.78 is 63.8. The zero-order valence-corrected chi connectivity index (χ0v) is 34.2. The number of anilines is 3. The second kappa shape index (κ2) is 18.3. The molecule has 3 saturated heterocycles. The van der Waals surface area contributed by atoms with Gasteiger partial charge in [-0.1, -0.05) is 11.6 Å². The molecule has 7 atom stereocenters. The van der Waals surface area contributed by atoms with E-state index < -0.39 is 60.5 Å². The molecule has 0 spiro atoms. The van der Waals surface area contributed by atoms with Gasteiger partial charge in [-0.15, -0.1) is 0 Å². The van der Waals surface area contributed by atoms with Crippen LogP contribution in [0.15, 0.2) is 48.9 Å². The standard InChI is InChI=1S/C39H50ClF4N11O5/c1-22(59-3)35-28(20-47-33-17-32(40)50-54(33)35)36-24(5-4-10-53(36)23(2)60-55(38(45)58)27-15-25(18-46-19-27)39(42,43)44)21-51-11-13-52(14-12-51)26-6-7-30(29(41)16-26)48-31-8-9-34(56)49-37(31)57/h6-7,15-20,22-24,31,34,36-37,48-49,56-57H,4-5,8-14,21H2,1-3H3,(H2,45,58)/t22-,23?,24?,31?,34?,36?,37?/m0/s1. The molecular weight excluding hydrogens is 814 g/mol. The number of benzene rings is 1. The van der Waals surface area contributed by atoms with Gasteiger partial charge in [0.25, 0.3) is 0 Å². The van der Waals surface area contributed by atoms with Gasteiger partial charge in [0, 0.05) is 82.1 Å². The average molecular weight is 864 g/mol. The van der Waals surface area contributed by atoms with Crippen LogP contribution in [0.1, 0.15) is 68.5 Å². The van der Waals surface area contributed by atoms with Crippen LogP contribution in [-0.2, 0) is 15.8 Å². The maximum absolute atomic E-state index is 15.4. The fourth-order valence-corrected chi connectivity index (χ4v) is 8.72. The predicted molar refractivity (Wildman–Crippen MR) is 214 cm³/mol. The highest BCUT2D eigenvalue weighted by atomic mass is 35.5. The summed E-state index contributed by atoms with van der Waals surface area (Å²) in [6.45, 7) is 7.32. The second-order valence-corrected chi connectivity index (χ2v) is 15.9. The zero-order valence-electron chi connectivity index (χ0n) is 33.4. The van der Waals surface area contributed by atoms with E-state index >= 15 is 4.39 Å². The van der Waals surface area contributed by atoms with E-state index in [1.54, 1.807) is 36.9 Å². The van der Waals surface area contributed by atoms with E-state index in [-0.39, 0.29) is 22.4 Å². The number of urea groups is 1. The van der Waals surface area contributed by atoms with Gasteiger partial charge < -0.3 is 30.9 Å². The Balaban J connectivity index is 1.12. The Hall–Kier alpha value is -4.41. The third-order valence-electron chi connectivity index (χ3n) is 11.6. The smallest absolute Gasteiger partial charge is 0.379 e. The lowest BCUT2D eigenvalue weighted by Crippen LogP contribution is -2.53. The highest BCUT2D eigenvalue weighted by molar-refractivity contribution is 6.29. The average Bonchev–Trinajstić information content (AvgIpc) is 3.60. The van der Waals surface area contributed by atoms with Crippen molar-refractivity contribution in [2.75, 3.05) is 61.7 Å². The number of likely N-dealkylation sites (tertiary alicyclic amines) is 1. The number of aromatic nitrogens is 4. The number of primary amides is 1. The highest BCUT2D eigenvalue weighted by Gasteiger charge is 2.41. The Labute approximate surface area is 349 Å². The molecule has 16 nitrogen and oxygen atoms in total. The minimum atomic E-state index is -4.72. The number of amides is 2. The summed E-state index contributed by atoms with van der Waals surface area (Å²) in [5, 5.41) is 31.1. The topological polar surface area (TPSA) is 182 Å². The first-order valence-corrected chi connectivity index (χ1v) is 20.3. The lowest BCUT2D eigenvalue weighted by atomic mass is 9.83. The number of aliphatic hydroxyl groups is 2. The Bertz CT molecular complexity index is 2130. The maximum atomic E-state index is 15.4. The Morgan fingerprint density at radius 1 is 1.08 bits per heavy atom. The van der Waals surface area contributed by atoms with E-state index in [4.69, 9.17) is 31.9 Å². The molecule has 0 aliphatic carbocycles. The number of aliphatic hydroxyl groups excluding tert-OH is 2. The van der Waals surface area contributed by atoms with Gasteiger partial charge in [0.2, 0.25) is 0 Å². The van der Waals surface area contributed by atoms with Gasteiger partial charge >= 0.3 is 12.2 Å². The van der Waals surface area contributed by atoms with Crippen molar-refractivity contribution in [3.05, 3.63) is 76.7 Å². The van der Waals surface area contributed by atoms with E-state index in [0.29, 0.717) is 74.7 Å². The summed E-state index contributed by atoms with van der Waals surface area (Å²) in [5.74, 6) is -0.491.